The lowest BCUT2D eigenvalue weighted by atomic mass is 9.68. The summed E-state index contributed by atoms with van der Waals surface area (Å²) in [6, 6.07) is 0. The molecule has 0 amide bonds. The van der Waals surface area contributed by atoms with Gasteiger partial charge < -0.3 is 4.74 Å². The largest absolute Gasteiger partial charge is 0.466 e. The van der Waals surface area contributed by atoms with Gasteiger partial charge >= 0.3 is 5.97 Å². The standard InChI is InChI=1S/C13H20O2/c1-13(2)10-5-4-9(8-10)11(13)6-7-12(14)15-3/h6-7,9-11H,4-5,8H2,1-3H3. The highest BCUT2D eigenvalue weighted by Gasteiger charge is 2.51. The molecule has 2 heteroatoms. The zero-order chi connectivity index (χ0) is 11.1. The molecule has 2 aliphatic rings. The van der Waals surface area contributed by atoms with E-state index in [-0.39, 0.29) is 5.97 Å². The van der Waals surface area contributed by atoms with Crippen LogP contribution in [0.5, 0.6) is 0 Å². The number of rotatable bonds is 2. The van der Waals surface area contributed by atoms with E-state index in [1.165, 1.54) is 26.4 Å². The molecule has 2 bridgehead atoms. The monoisotopic (exact) mass is 208 g/mol. The van der Waals surface area contributed by atoms with Crippen LogP contribution in [-0.2, 0) is 9.53 Å². The maximum atomic E-state index is 11.1. The minimum Gasteiger partial charge on any atom is -0.466 e. The van der Waals surface area contributed by atoms with Gasteiger partial charge in [0.1, 0.15) is 0 Å². The summed E-state index contributed by atoms with van der Waals surface area (Å²) in [6.07, 6.45) is 7.75. The average Bonchev–Trinajstić information content (AvgIpc) is 2.74. The van der Waals surface area contributed by atoms with Crippen molar-refractivity contribution in [1.29, 1.82) is 0 Å². The van der Waals surface area contributed by atoms with E-state index >= 15 is 0 Å². The number of carbonyl (C=O) groups excluding carboxylic acids is 1. The van der Waals surface area contributed by atoms with Gasteiger partial charge in [0.05, 0.1) is 7.11 Å². The van der Waals surface area contributed by atoms with E-state index in [9.17, 15) is 4.79 Å². The van der Waals surface area contributed by atoms with Crippen molar-refractivity contribution in [2.75, 3.05) is 7.11 Å². The van der Waals surface area contributed by atoms with Crippen molar-refractivity contribution >= 4 is 5.97 Å². The summed E-state index contributed by atoms with van der Waals surface area (Å²) in [5, 5.41) is 0. The second-order valence-corrected chi connectivity index (χ2v) is 5.50. The minimum atomic E-state index is -0.228. The summed E-state index contributed by atoms with van der Waals surface area (Å²) >= 11 is 0. The molecule has 2 saturated carbocycles. The Kier molecular flexibility index (Phi) is 2.61. The Balaban J connectivity index is 2.09. The number of hydrogen-bond acceptors (Lipinski definition) is 2. The van der Waals surface area contributed by atoms with Crippen LogP contribution in [0.4, 0.5) is 0 Å². The quantitative estimate of drug-likeness (QED) is 0.515. The number of carbonyl (C=O) groups is 1. The SMILES string of the molecule is COC(=O)C=CC1C2CCC(C2)C1(C)C. The number of hydrogen-bond donors (Lipinski definition) is 0. The van der Waals surface area contributed by atoms with E-state index < -0.39 is 0 Å². The third-order valence-electron chi connectivity index (χ3n) is 4.53. The zero-order valence-corrected chi connectivity index (χ0v) is 9.82. The molecule has 3 atom stereocenters. The van der Waals surface area contributed by atoms with Gasteiger partial charge in [-0.3, -0.25) is 0 Å². The van der Waals surface area contributed by atoms with Gasteiger partial charge in [0, 0.05) is 6.08 Å². The van der Waals surface area contributed by atoms with Crippen molar-refractivity contribution in [3.8, 4) is 0 Å². The molecule has 0 aliphatic heterocycles. The predicted molar refractivity (Wildman–Crippen MR) is 59.3 cm³/mol. The molecule has 0 aromatic carbocycles. The van der Waals surface area contributed by atoms with Gasteiger partial charge in [-0.1, -0.05) is 19.9 Å². The first-order valence-electron chi connectivity index (χ1n) is 5.82. The van der Waals surface area contributed by atoms with Gasteiger partial charge in [-0.05, 0) is 42.4 Å². The molecule has 2 nitrogen and oxygen atoms in total. The first-order chi connectivity index (χ1) is 7.05. The summed E-state index contributed by atoms with van der Waals surface area (Å²) in [4.78, 5) is 11.1. The van der Waals surface area contributed by atoms with Crippen LogP contribution in [0.3, 0.4) is 0 Å². The van der Waals surface area contributed by atoms with Crippen molar-refractivity contribution in [2.24, 2.45) is 23.2 Å². The molecule has 3 unspecified atom stereocenters. The molecule has 0 spiro atoms. The fourth-order valence-corrected chi connectivity index (χ4v) is 3.55. The molecule has 2 rings (SSSR count). The topological polar surface area (TPSA) is 26.3 Å². The van der Waals surface area contributed by atoms with Crippen molar-refractivity contribution < 1.29 is 9.53 Å². The molecule has 0 aromatic rings. The fourth-order valence-electron chi connectivity index (χ4n) is 3.55. The third kappa shape index (κ3) is 1.70. The Morgan fingerprint density at radius 1 is 1.40 bits per heavy atom. The first kappa shape index (κ1) is 10.7. The molecule has 15 heavy (non-hydrogen) atoms. The van der Waals surface area contributed by atoms with Gasteiger partial charge in [-0.25, -0.2) is 4.79 Å². The summed E-state index contributed by atoms with van der Waals surface area (Å²) < 4.78 is 4.63. The third-order valence-corrected chi connectivity index (χ3v) is 4.53. The lowest BCUT2D eigenvalue weighted by Crippen LogP contribution is -2.29. The summed E-state index contributed by atoms with van der Waals surface area (Å²) in [7, 11) is 1.43. The highest BCUT2D eigenvalue weighted by molar-refractivity contribution is 5.81. The Morgan fingerprint density at radius 3 is 2.67 bits per heavy atom. The average molecular weight is 208 g/mol. The van der Waals surface area contributed by atoms with Crippen LogP contribution in [0, 0.1) is 23.2 Å². The van der Waals surface area contributed by atoms with Crippen LogP contribution in [0.2, 0.25) is 0 Å². The molecule has 0 radical (unpaired) electrons. The van der Waals surface area contributed by atoms with E-state index in [1.54, 1.807) is 6.08 Å². The van der Waals surface area contributed by atoms with Crippen molar-refractivity contribution in [2.45, 2.75) is 33.1 Å². The second kappa shape index (κ2) is 3.66. The van der Waals surface area contributed by atoms with E-state index in [2.05, 4.69) is 24.7 Å². The summed E-state index contributed by atoms with van der Waals surface area (Å²) in [5.74, 6) is 1.99. The molecular formula is C13H20O2. The smallest absolute Gasteiger partial charge is 0.330 e. The second-order valence-electron chi connectivity index (χ2n) is 5.50. The lowest BCUT2D eigenvalue weighted by Gasteiger charge is -2.36. The highest BCUT2D eigenvalue weighted by atomic mass is 16.5. The van der Waals surface area contributed by atoms with Gasteiger partial charge in [-0.2, -0.15) is 0 Å². The lowest BCUT2D eigenvalue weighted by molar-refractivity contribution is -0.134. The summed E-state index contributed by atoms with van der Waals surface area (Å²) in [6.45, 7) is 4.67. The Hall–Kier alpha value is -0.790. The Bertz CT molecular complexity index is 291. The normalized spacial score (nSPS) is 37.4. The van der Waals surface area contributed by atoms with Crippen LogP contribution in [0.25, 0.3) is 0 Å². The number of allylic oxidation sites excluding steroid dienone is 1. The van der Waals surface area contributed by atoms with E-state index in [0.717, 1.165) is 11.8 Å². The molecule has 2 fully saturated rings. The number of methoxy groups -OCH3 is 1. The van der Waals surface area contributed by atoms with Crippen molar-refractivity contribution in [3.05, 3.63) is 12.2 Å². The molecule has 0 heterocycles. The van der Waals surface area contributed by atoms with E-state index in [0.29, 0.717) is 11.3 Å². The molecular weight excluding hydrogens is 188 g/mol. The van der Waals surface area contributed by atoms with Gasteiger partial charge in [0.15, 0.2) is 0 Å². The maximum Gasteiger partial charge on any atom is 0.330 e. The number of esters is 1. The van der Waals surface area contributed by atoms with Crippen LogP contribution < -0.4 is 0 Å². The minimum absolute atomic E-state index is 0.228. The van der Waals surface area contributed by atoms with Crippen molar-refractivity contribution in [1.82, 2.24) is 0 Å². The molecule has 0 aromatic heterocycles. The van der Waals surface area contributed by atoms with Crippen LogP contribution in [0.1, 0.15) is 33.1 Å². The molecule has 0 N–H and O–H groups in total. The summed E-state index contributed by atoms with van der Waals surface area (Å²) in [5.41, 5.74) is 0.368. The van der Waals surface area contributed by atoms with Crippen LogP contribution in [-0.4, -0.2) is 13.1 Å². The fraction of sp³-hybridized carbons (Fsp3) is 0.769. The molecule has 0 saturated heterocycles. The Labute approximate surface area is 91.7 Å². The Morgan fingerprint density at radius 2 is 2.13 bits per heavy atom. The van der Waals surface area contributed by atoms with Gasteiger partial charge in [-0.15, -0.1) is 0 Å². The molecule has 2 aliphatic carbocycles. The predicted octanol–water partition coefficient (Wildman–Crippen LogP) is 2.79. The van der Waals surface area contributed by atoms with E-state index in [4.69, 9.17) is 0 Å². The highest BCUT2D eigenvalue weighted by Crippen LogP contribution is 2.59. The van der Waals surface area contributed by atoms with Crippen molar-refractivity contribution in [3.63, 3.8) is 0 Å². The van der Waals surface area contributed by atoms with Gasteiger partial charge in [0.25, 0.3) is 0 Å². The van der Waals surface area contributed by atoms with E-state index in [1.807, 2.05) is 0 Å². The van der Waals surface area contributed by atoms with Gasteiger partial charge in [0.2, 0.25) is 0 Å². The van der Waals surface area contributed by atoms with Crippen LogP contribution >= 0.6 is 0 Å². The van der Waals surface area contributed by atoms with Crippen LogP contribution in [0.15, 0.2) is 12.2 Å². The number of ether oxygens (including phenoxy) is 1. The first-order valence-corrected chi connectivity index (χ1v) is 5.82. The maximum absolute atomic E-state index is 11.1. The number of fused-ring (bicyclic) bond motifs is 2. The zero-order valence-electron chi connectivity index (χ0n) is 9.82. The molecule has 84 valence electrons.